The average molecular weight is 423 g/mol. The smallest absolute Gasteiger partial charge is 0.290 e. The van der Waals surface area contributed by atoms with Crippen LogP contribution in [0.1, 0.15) is 35.3 Å². The SMILES string of the molecule is CC[C@@H](Nc1c(Nc2cccc(C(=O)NC)c2O)c(=O)n(C)[nH]c1=O)c1ccccc1. The van der Waals surface area contributed by atoms with Crippen molar-refractivity contribution in [3.05, 3.63) is 80.4 Å². The molecule has 3 aromatic rings. The van der Waals surface area contributed by atoms with E-state index in [2.05, 4.69) is 21.0 Å². The molecule has 31 heavy (non-hydrogen) atoms. The van der Waals surface area contributed by atoms with E-state index in [0.29, 0.717) is 6.42 Å². The molecule has 9 heteroatoms. The van der Waals surface area contributed by atoms with Gasteiger partial charge < -0.3 is 21.1 Å². The maximum atomic E-state index is 12.9. The van der Waals surface area contributed by atoms with Crippen LogP contribution in [-0.4, -0.2) is 27.8 Å². The second-order valence-electron chi connectivity index (χ2n) is 6.98. The van der Waals surface area contributed by atoms with E-state index in [0.717, 1.165) is 10.2 Å². The van der Waals surface area contributed by atoms with E-state index in [1.165, 1.54) is 26.2 Å². The van der Waals surface area contributed by atoms with Gasteiger partial charge in [0.05, 0.1) is 17.3 Å². The Morgan fingerprint density at radius 2 is 1.81 bits per heavy atom. The first kappa shape index (κ1) is 21.7. The van der Waals surface area contributed by atoms with E-state index in [1.54, 1.807) is 6.07 Å². The summed E-state index contributed by atoms with van der Waals surface area (Å²) in [7, 11) is 2.87. The van der Waals surface area contributed by atoms with Crippen molar-refractivity contribution in [1.82, 2.24) is 15.1 Å². The molecule has 1 heterocycles. The van der Waals surface area contributed by atoms with Gasteiger partial charge in [-0.3, -0.25) is 24.2 Å². The lowest BCUT2D eigenvalue weighted by Gasteiger charge is -2.21. The first-order valence-electron chi connectivity index (χ1n) is 9.83. The van der Waals surface area contributed by atoms with Crippen molar-refractivity contribution in [3.8, 4) is 5.75 Å². The number of aryl methyl sites for hydroxylation is 1. The highest BCUT2D eigenvalue weighted by molar-refractivity contribution is 5.99. The number of hydrogen-bond acceptors (Lipinski definition) is 6. The van der Waals surface area contributed by atoms with Crippen molar-refractivity contribution in [1.29, 1.82) is 0 Å². The predicted octanol–water partition coefficient (Wildman–Crippen LogP) is 2.45. The summed E-state index contributed by atoms with van der Waals surface area (Å²) in [6, 6.07) is 13.9. The van der Waals surface area contributed by atoms with Gasteiger partial charge in [-0.05, 0) is 24.1 Å². The van der Waals surface area contributed by atoms with Crippen molar-refractivity contribution in [2.24, 2.45) is 7.05 Å². The molecule has 0 saturated carbocycles. The zero-order valence-electron chi connectivity index (χ0n) is 17.5. The van der Waals surface area contributed by atoms with E-state index in [9.17, 15) is 19.5 Å². The van der Waals surface area contributed by atoms with Gasteiger partial charge in [-0.25, -0.2) is 0 Å². The van der Waals surface area contributed by atoms with Crippen molar-refractivity contribution in [3.63, 3.8) is 0 Å². The Labute approximate surface area is 178 Å². The number of carbonyl (C=O) groups excluding carboxylic acids is 1. The number of hydrogen-bond donors (Lipinski definition) is 5. The molecule has 162 valence electrons. The summed E-state index contributed by atoms with van der Waals surface area (Å²) in [5.41, 5.74) is 0.128. The van der Waals surface area contributed by atoms with E-state index in [1.807, 2.05) is 37.3 Å². The lowest BCUT2D eigenvalue weighted by atomic mass is 10.0. The van der Waals surface area contributed by atoms with Crippen molar-refractivity contribution >= 4 is 23.0 Å². The summed E-state index contributed by atoms with van der Waals surface area (Å²) >= 11 is 0. The number of benzene rings is 2. The molecule has 0 fully saturated rings. The molecule has 9 nitrogen and oxygen atoms in total. The van der Waals surface area contributed by atoms with Crippen LogP contribution in [0.25, 0.3) is 0 Å². The van der Waals surface area contributed by atoms with Crippen LogP contribution in [0.2, 0.25) is 0 Å². The van der Waals surface area contributed by atoms with E-state index < -0.39 is 17.0 Å². The fourth-order valence-corrected chi connectivity index (χ4v) is 3.28. The summed E-state index contributed by atoms with van der Waals surface area (Å²) in [5, 5.41) is 21.5. The third kappa shape index (κ3) is 4.45. The number of aromatic nitrogens is 2. The standard InChI is InChI=1S/C22H25N5O4/c1-4-15(13-9-6-5-7-10-13)24-17-18(22(31)27(3)26-21(17)30)25-16-12-8-11-14(19(16)28)20(29)23-2/h5-12,15,24-25,28H,4H2,1-3H3,(H,23,29)(H,26,30)/t15-/m1/s1. The Hall–Kier alpha value is -4.01. The van der Waals surface area contributed by atoms with E-state index in [4.69, 9.17) is 0 Å². The number of nitrogens with zero attached hydrogens (tertiary/aromatic N) is 1. The Balaban J connectivity index is 2.08. The first-order valence-corrected chi connectivity index (χ1v) is 9.83. The second kappa shape index (κ2) is 9.21. The molecular weight excluding hydrogens is 398 g/mol. The Bertz CT molecular complexity index is 1200. The molecule has 0 saturated heterocycles. The average Bonchev–Trinajstić information content (AvgIpc) is 2.78. The molecule has 0 spiro atoms. The van der Waals surface area contributed by atoms with Crippen LogP contribution in [0.4, 0.5) is 17.1 Å². The largest absolute Gasteiger partial charge is 0.505 e. The highest BCUT2D eigenvalue weighted by atomic mass is 16.3. The van der Waals surface area contributed by atoms with Gasteiger partial charge in [0.15, 0.2) is 5.75 Å². The van der Waals surface area contributed by atoms with Crippen LogP contribution >= 0.6 is 0 Å². The topological polar surface area (TPSA) is 128 Å². The molecule has 1 atom stereocenters. The van der Waals surface area contributed by atoms with Gasteiger partial charge >= 0.3 is 0 Å². The van der Waals surface area contributed by atoms with Gasteiger partial charge in [-0.15, -0.1) is 0 Å². The van der Waals surface area contributed by atoms with Gasteiger partial charge in [0, 0.05) is 14.1 Å². The zero-order valence-corrected chi connectivity index (χ0v) is 17.5. The molecular formula is C22H25N5O4. The minimum atomic E-state index is -0.505. The number of anilines is 3. The molecule has 0 unspecified atom stereocenters. The molecule has 0 aliphatic heterocycles. The predicted molar refractivity (Wildman–Crippen MR) is 120 cm³/mol. The summed E-state index contributed by atoms with van der Waals surface area (Å²) in [6.45, 7) is 1.96. The number of carbonyl (C=O) groups is 1. The second-order valence-corrected chi connectivity index (χ2v) is 6.98. The highest BCUT2D eigenvalue weighted by Crippen LogP contribution is 2.32. The van der Waals surface area contributed by atoms with Crippen LogP contribution in [0.15, 0.2) is 58.1 Å². The highest BCUT2D eigenvalue weighted by Gasteiger charge is 2.20. The first-order chi connectivity index (χ1) is 14.9. The molecule has 0 radical (unpaired) electrons. The maximum Gasteiger partial charge on any atom is 0.290 e. The third-order valence-electron chi connectivity index (χ3n) is 4.96. The summed E-state index contributed by atoms with van der Waals surface area (Å²) in [4.78, 5) is 37.6. The van der Waals surface area contributed by atoms with Gasteiger partial charge in [0.25, 0.3) is 17.0 Å². The number of aromatic hydroxyl groups is 1. The minimum absolute atomic E-state index is 0.0370. The lowest BCUT2D eigenvalue weighted by Crippen LogP contribution is -2.32. The number of nitrogens with one attached hydrogen (secondary N) is 4. The van der Waals surface area contributed by atoms with Crippen LogP contribution in [0.3, 0.4) is 0 Å². The molecule has 0 aliphatic rings. The maximum absolute atomic E-state index is 12.9. The number of amides is 1. The Kier molecular flexibility index (Phi) is 6.44. The minimum Gasteiger partial charge on any atom is -0.505 e. The molecule has 1 amide bonds. The quantitative estimate of drug-likeness (QED) is 0.371. The van der Waals surface area contributed by atoms with Crippen LogP contribution in [-0.2, 0) is 7.05 Å². The number of H-pyrrole nitrogens is 1. The number of phenols is 1. The van der Waals surface area contributed by atoms with Gasteiger partial charge in [-0.1, -0.05) is 43.3 Å². The van der Waals surface area contributed by atoms with E-state index in [-0.39, 0.29) is 34.4 Å². The number of rotatable bonds is 7. The van der Waals surface area contributed by atoms with Crippen molar-refractivity contribution in [2.45, 2.75) is 19.4 Å². The van der Waals surface area contributed by atoms with Crippen molar-refractivity contribution in [2.75, 3.05) is 17.7 Å². The van der Waals surface area contributed by atoms with Gasteiger partial charge in [0.1, 0.15) is 11.4 Å². The zero-order chi connectivity index (χ0) is 22.5. The summed E-state index contributed by atoms with van der Waals surface area (Å²) < 4.78 is 1.05. The number of aromatic amines is 1. The molecule has 0 bridgehead atoms. The van der Waals surface area contributed by atoms with Gasteiger partial charge in [0.2, 0.25) is 0 Å². The molecule has 0 aliphatic carbocycles. The summed E-state index contributed by atoms with van der Waals surface area (Å²) in [6.07, 6.45) is 0.662. The van der Waals surface area contributed by atoms with Crippen LogP contribution in [0, 0.1) is 0 Å². The molecule has 2 aromatic carbocycles. The Morgan fingerprint density at radius 3 is 2.45 bits per heavy atom. The van der Waals surface area contributed by atoms with Crippen molar-refractivity contribution < 1.29 is 9.90 Å². The Morgan fingerprint density at radius 1 is 1.10 bits per heavy atom. The fraction of sp³-hybridized carbons (Fsp3) is 0.227. The lowest BCUT2D eigenvalue weighted by molar-refractivity contribution is 0.0960. The van der Waals surface area contributed by atoms with E-state index >= 15 is 0 Å². The summed E-state index contributed by atoms with van der Waals surface area (Å²) in [5.74, 6) is -0.807. The normalized spacial score (nSPS) is 11.6. The molecule has 3 rings (SSSR count). The third-order valence-corrected chi connectivity index (χ3v) is 4.96. The molecule has 1 aromatic heterocycles. The number of phenolic OH excluding ortho intramolecular Hbond substituents is 1. The van der Waals surface area contributed by atoms with Crippen LogP contribution < -0.4 is 27.1 Å². The monoisotopic (exact) mass is 423 g/mol. The number of para-hydroxylation sites is 1. The van der Waals surface area contributed by atoms with Gasteiger partial charge in [-0.2, -0.15) is 0 Å². The molecule has 5 N–H and O–H groups in total. The van der Waals surface area contributed by atoms with Crippen LogP contribution in [0.5, 0.6) is 5.75 Å². The fourth-order valence-electron chi connectivity index (χ4n) is 3.28.